The summed E-state index contributed by atoms with van der Waals surface area (Å²) < 4.78 is 0. The van der Waals surface area contributed by atoms with Gasteiger partial charge in [-0.2, -0.15) is 0 Å². The minimum absolute atomic E-state index is 0.0348. The minimum atomic E-state index is -0.109. The highest BCUT2D eigenvalue weighted by Crippen LogP contribution is 2.17. The number of fused-ring (bicyclic) bond motifs is 1. The van der Waals surface area contributed by atoms with Gasteiger partial charge in [-0.25, -0.2) is 4.98 Å². The lowest BCUT2D eigenvalue weighted by molar-refractivity contribution is 0.0747. The van der Waals surface area contributed by atoms with E-state index in [1.54, 1.807) is 12.5 Å². The molecule has 0 atom stereocenters. The van der Waals surface area contributed by atoms with Crippen molar-refractivity contribution in [3.05, 3.63) is 58.8 Å². The van der Waals surface area contributed by atoms with Crippen LogP contribution in [0.2, 0.25) is 0 Å². The zero-order chi connectivity index (χ0) is 16.5. The van der Waals surface area contributed by atoms with Crippen LogP contribution in [0, 0.1) is 0 Å². The quantitative estimate of drug-likeness (QED) is 0.742. The molecule has 4 rings (SSSR count). The van der Waals surface area contributed by atoms with Crippen molar-refractivity contribution in [2.75, 3.05) is 31.1 Å². The van der Waals surface area contributed by atoms with E-state index in [9.17, 15) is 9.59 Å². The molecule has 7 nitrogen and oxygen atoms in total. The fraction of sp³-hybridized carbons (Fsp3) is 0.235. The van der Waals surface area contributed by atoms with E-state index in [1.165, 1.54) is 6.07 Å². The molecule has 2 aromatic heterocycles. The molecular formula is C17H17N5O2. The smallest absolute Gasteiger partial charge is 0.254 e. The van der Waals surface area contributed by atoms with Crippen molar-refractivity contribution in [3.8, 4) is 0 Å². The SMILES string of the molecule is O=C(c1ccc2nc[nH]c2c1)N1CCN(c2ccc(=O)[nH]c2)CC1. The molecule has 0 bridgehead atoms. The molecule has 1 aliphatic rings. The van der Waals surface area contributed by atoms with Crippen LogP contribution in [0.4, 0.5) is 5.69 Å². The molecular weight excluding hydrogens is 306 g/mol. The highest BCUT2D eigenvalue weighted by molar-refractivity contribution is 5.97. The van der Waals surface area contributed by atoms with Gasteiger partial charge in [0.25, 0.3) is 5.91 Å². The van der Waals surface area contributed by atoms with Gasteiger partial charge in [0, 0.05) is 44.0 Å². The molecule has 122 valence electrons. The van der Waals surface area contributed by atoms with Gasteiger partial charge in [0.05, 0.1) is 23.0 Å². The van der Waals surface area contributed by atoms with Crippen molar-refractivity contribution in [1.29, 1.82) is 0 Å². The lowest BCUT2D eigenvalue weighted by Gasteiger charge is -2.36. The number of carbonyl (C=O) groups excluding carboxylic acids is 1. The molecule has 0 saturated carbocycles. The summed E-state index contributed by atoms with van der Waals surface area (Å²) >= 11 is 0. The number of piperazine rings is 1. The molecule has 1 aromatic carbocycles. The van der Waals surface area contributed by atoms with Crippen LogP contribution < -0.4 is 10.5 Å². The normalized spacial score (nSPS) is 15.0. The Morgan fingerprint density at radius 1 is 1.04 bits per heavy atom. The Kier molecular flexibility index (Phi) is 3.53. The monoisotopic (exact) mass is 323 g/mol. The van der Waals surface area contributed by atoms with Gasteiger partial charge in [0.1, 0.15) is 0 Å². The number of benzene rings is 1. The number of anilines is 1. The van der Waals surface area contributed by atoms with Crippen LogP contribution in [0.5, 0.6) is 0 Å². The van der Waals surface area contributed by atoms with Gasteiger partial charge >= 0.3 is 0 Å². The molecule has 1 aliphatic heterocycles. The van der Waals surface area contributed by atoms with Crippen LogP contribution in [-0.2, 0) is 0 Å². The first-order valence-corrected chi connectivity index (χ1v) is 7.87. The first-order chi connectivity index (χ1) is 11.7. The molecule has 0 aliphatic carbocycles. The molecule has 1 fully saturated rings. The molecule has 3 heterocycles. The second kappa shape index (κ2) is 5.84. The fourth-order valence-electron chi connectivity index (χ4n) is 3.02. The number of hydrogen-bond acceptors (Lipinski definition) is 4. The Morgan fingerprint density at radius 3 is 2.62 bits per heavy atom. The van der Waals surface area contributed by atoms with Crippen LogP contribution >= 0.6 is 0 Å². The van der Waals surface area contributed by atoms with E-state index in [1.807, 2.05) is 29.2 Å². The van der Waals surface area contributed by atoms with Crippen molar-refractivity contribution >= 4 is 22.6 Å². The fourth-order valence-corrected chi connectivity index (χ4v) is 3.02. The summed E-state index contributed by atoms with van der Waals surface area (Å²) in [4.78, 5) is 37.7. The van der Waals surface area contributed by atoms with Crippen molar-refractivity contribution in [1.82, 2.24) is 19.9 Å². The number of nitrogens with zero attached hydrogens (tertiary/aromatic N) is 3. The zero-order valence-corrected chi connectivity index (χ0v) is 13.0. The summed E-state index contributed by atoms with van der Waals surface area (Å²) in [5.74, 6) is 0.0348. The Labute approximate surface area is 137 Å². The number of pyridine rings is 1. The topological polar surface area (TPSA) is 85.1 Å². The number of imidazole rings is 1. The molecule has 24 heavy (non-hydrogen) atoms. The van der Waals surface area contributed by atoms with E-state index in [0.717, 1.165) is 29.8 Å². The van der Waals surface area contributed by atoms with Gasteiger partial charge < -0.3 is 19.8 Å². The van der Waals surface area contributed by atoms with Crippen LogP contribution in [0.3, 0.4) is 0 Å². The second-order valence-electron chi connectivity index (χ2n) is 5.82. The Hall–Kier alpha value is -3.09. The number of carbonyl (C=O) groups is 1. The average Bonchev–Trinajstić information content (AvgIpc) is 3.09. The zero-order valence-electron chi connectivity index (χ0n) is 13.0. The van der Waals surface area contributed by atoms with E-state index >= 15 is 0 Å². The third kappa shape index (κ3) is 2.64. The van der Waals surface area contributed by atoms with Gasteiger partial charge in [-0.1, -0.05) is 0 Å². The van der Waals surface area contributed by atoms with Crippen molar-refractivity contribution in [3.63, 3.8) is 0 Å². The largest absolute Gasteiger partial charge is 0.367 e. The molecule has 1 amide bonds. The van der Waals surface area contributed by atoms with Gasteiger partial charge in [0.15, 0.2) is 0 Å². The van der Waals surface area contributed by atoms with E-state index in [0.29, 0.717) is 18.7 Å². The maximum absolute atomic E-state index is 12.7. The number of nitrogens with one attached hydrogen (secondary N) is 2. The molecule has 3 aromatic rings. The third-order valence-corrected chi connectivity index (χ3v) is 4.37. The van der Waals surface area contributed by atoms with Crippen LogP contribution in [-0.4, -0.2) is 51.9 Å². The average molecular weight is 323 g/mol. The highest BCUT2D eigenvalue weighted by Gasteiger charge is 2.22. The number of amides is 1. The molecule has 0 radical (unpaired) electrons. The van der Waals surface area contributed by atoms with Crippen molar-refractivity contribution in [2.24, 2.45) is 0 Å². The van der Waals surface area contributed by atoms with Crippen molar-refractivity contribution < 1.29 is 4.79 Å². The van der Waals surface area contributed by atoms with Gasteiger partial charge in [0.2, 0.25) is 5.56 Å². The summed E-state index contributed by atoms with van der Waals surface area (Å²) in [5.41, 5.74) is 3.26. The van der Waals surface area contributed by atoms with Gasteiger partial charge in [-0.05, 0) is 24.3 Å². The predicted octanol–water partition coefficient (Wildman–Crippen LogP) is 1.21. The van der Waals surface area contributed by atoms with Crippen LogP contribution in [0.25, 0.3) is 11.0 Å². The maximum Gasteiger partial charge on any atom is 0.254 e. The number of hydrogen-bond donors (Lipinski definition) is 2. The molecule has 1 saturated heterocycles. The van der Waals surface area contributed by atoms with Gasteiger partial charge in [-0.15, -0.1) is 0 Å². The van der Waals surface area contributed by atoms with Gasteiger partial charge in [-0.3, -0.25) is 9.59 Å². The molecule has 0 unspecified atom stereocenters. The Bertz CT molecular complexity index is 917. The first kappa shape index (κ1) is 14.5. The van der Waals surface area contributed by atoms with Crippen LogP contribution in [0.1, 0.15) is 10.4 Å². The lowest BCUT2D eigenvalue weighted by atomic mass is 10.1. The number of H-pyrrole nitrogens is 2. The summed E-state index contributed by atoms with van der Waals surface area (Å²) in [5, 5.41) is 0. The van der Waals surface area contributed by atoms with E-state index < -0.39 is 0 Å². The number of rotatable bonds is 2. The van der Waals surface area contributed by atoms with E-state index in [-0.39, 0.29) is 11.5 Å². The second-order valence-corrected chi connectivity index (χ2v) is 5.82. The summed E-state index contributed by atoms with van der Waals surface area (Å²) in [6, 6.07) is 8.85. The highest BCUT2D eigenvalue weighted by atomic mass is 16.2. The molecule has 7 heteroatoms. The lowest BCUT2D eigenvalue weighted by Crippen LogP contribution is -2.48. The Balaban J connectivity index is 1.45. The Morgan fingerprint density at radius 2 is 1.88 bits per heavy atom. The van der Waals surface area contributed by atoms with E-state index in [4.69, 9.17) is 0 Å². The van der Waals surface area contributed by atoms with Crippen LogP contribution in [0.15, 0.2) is 47.7 Å². The number of aromatic amines is 2. The summed E-state index contributed by atoms with van der Waals surface area (Å²) in [7, 11) is 0. The molecule has 2 N–H and O–H groups in total. The maximum atomic E-state index is 12.7. The molecule has 0 spiro atoms. The van der Waals surface area contributed by atoms with Crippen molar-refractivity contribution in [2.45, 2.75) is 0 Å². The first-order valence-electron chi connectivity index (χ1n) is 7.87. The minimum Gasteiger partial charge on any atom is -0.367 e. The summed E-state index contributed by atoms with van der Waals surface area (Å²) in [6.45, 7) is 2.78. The summed E-state index contributed by atoms with van der Waals surface area (Å²) in [6.07, 6.45) is 3.34. The number of aromatic nitrogens is 3. The predicted molar refractivity (Wildman–Crippen MR) is 91.3 cm³/mol. The standard InChI is InChI=1S/C17H17N5O2/c23-16-4-2-13(10-18-16)21-5-7-22(8-6-21)17(24)12-1-3-14-15(9-12)20-11-19-14/h1-4,9-11H,5-8H2,(H,18,23)(H,19,20). The third-order valence-electron chi connectivity index (χ3n) is 4.37. The van der Waals surface area contributed by atoms with E-state index in [2.05, 4.69) is 19.9 Å².